The summed E-state index contributed by atoms with van der Waals surface area (Å²) in [5.74, 6) is 0.00849. The number of hydrogen-bond acceptors (Lipinski definition) is 5. The number of ketones is 1. The third-order valence-electron chi connectivity index (χ3n) is 4.67. The van der Waals surface area contributed by atoms with E-state index in [4.69, 9.17) is 0 Å². The second-order valence-corrected chi connectivity index (χ2v) is 8.50. The molecule has 5 heteroatoms. The Hall–Kier alpha value is -2.37. The molecule has 2 aromatic rings. The van der Waals surface area contributed by atoms with Crippen molar-refractivity contribution in [1.82, 2.24) is 0 Å². The summed E-state index contributed by atoms with van der Waals surface area (Å²) in [5.41, 5.74) is 2.42. The van der Waals surface area contributed by atoms with Crippen LogP contribution in [0.15, 0.2) is 92.7 Å². The van der Waals surface area contributed by atoms with E-state index in [1.54, 1.807) is 35.7 Å². The van der Waals surface area contributed by atoms with Gasteiger partial charge in [-0.1, -0.05) is 53.9 Å². The minimum atomic E-state index is 0.00849. The van der Waals surface area contributed by atoms with E-state index in [-0.39, 0.29) is 5.78 Å². The fourth-order valence-electron chi connectivity index (χ4n) is 3.38. The number of carbonyl (C=O) groups is 1. The van der Waals surface area contributed by atoms with Gasteiger partial charge in [-0.25, -0.2) is 0 Å². The summed E-state index contributed by atoms with van der Waals surface area (Å²) in [6.45, 7) is 6.00. The van der Waals surface area contributed by atoms with Gasteiger partial charge < -0.3 is 9.80 Å². The number of carbonyl (C=O) groups excluding carboxylic acids is 1. The Bertz CT molecular complexity index is 994. The first kappa shape index (κ1) is 19.0. The second kappa shape index (κ2) is 8.33. The van der Waals surface area contributed by atoms with Crippen LogP contribution in [-0.4, -0.2) is 18.9 Å². The van der Waals surface area contributed by atoms with Crippen molar-refractivity contribution in [3.8, 4) is 0 Å². The number of allylic oxidation sites excluding steroid dienone is 4. The van der Waals surface area contributed by atoms with Crippen LogP contribution in [0, 0.1) is 0 Å². The van der Waals surface area contributed by atoms with Crippen LogP contribution in [0.4, 0.5) is 11.4 Å². The second-order valence-electron chi connectivity index (χ2n) is 6.38. The van der Waals surface area contributed by atoms with Crippen LogP contribution in [0.3, 0.4) is 0 Å². The van der Waals surface area contributed by atoms with Crippen LogP contribution in [0.5, 0.6) is 0 Å². The first-order chi connectivity index (χ1) is 13.7. The van der Waals surface area contributed by atoms with Gasteiger partial charge in [0, 0.05) is 29.0 Å². The monoisotopic (exact) mass is 406 g/mol. The van der Waals surface area contributed by atoms with Crippen LogP contribution in [0.25, 0.3) is 0 Å². The number of para-hydroxylation sites is 2. The maximum Gasteiger partial charge on any atom is 0.181 e. The third kappa shape index (κ3) is 3.64. The molecule has 0 radical (unpaired) electrons. The van der Waals surface area contributed by atoms with E-state index in [1.165, 1.54) is 21.2 Å². The molecule has 0 saturated heterocycles. The van der Waals surface area contributed by atoms with Crippen molar-refractivity contribution in [3.05, 3.63) is 82.9 Å². The van der Waals surface area contributed by atoms with Gasteiger partial charge in [0.2, 0.25) is 0 Å². The van der Waals surface area contributed by atoms with Crippen LogP contribution in [0.1, 0.15) is 13.8 Å². The molecule has 0 unspecified atom stereocenters. The zero-order chi connectivity index (χ0) is 19.5. The maximum absolute atomic E-state index is 12.5. The molecule has 0 aliphatic carbocycles. The van der Waals surface area contributed by atoms with Gasteiger partial charge in [0.25, 0.3) is 0 Å². The van der Waals surface area contributed by atoms with Crippen molar-refractivity contribution in [2.75, 3.05) is 22.9 Å². The van der Waals surface area contributed by atoms with Gasteiger partial charge in [-0.3, -0.25) is 4.79 Å². The summed E-state index contributed by atoms with van der Waals surface area (Å²) in [4.78, 5) is 19.4. The maximum atomic E-state index is 12.5. The lowest BCUT2D eigenvalue weighted by Gasteiger charge is -2.17. The smallest absolute Gasteiger partial charge is 0.181 e. The average Bonchev–Trinajstić information content (AvgIpc) is 3.24. The van der Waals surface area contributed by atoms with E-state index in [0.717, 1.165) is 23.1 Å². The Labute approximate surface area is 174 Å². The highest BCUT2D eigenvalue weighted by Crippen LogP contribution is 2.46. The fourth-order valence-corrected chi connectivity index (χ4v) is 5.69. The molecule has 2 aliphatic rings. The minimum absolute atomic E-state index is 0.00849. The molecule has 4 rings (SSSR count). The molecule has 2 aliphatic heterocycles. The summed E-state index contributed by atoms with van der Waals surface area (Å²) >= 11 is 3.40. The van der Waals surface area contributed by atoms with Gasteiger partial charge in [-0.05, 0) is 50.3 Å². The zero-order valence-corrected chi connectivity index (χ0v) is 17.6. The molecule has 28 heavy (non-hydrogen) atoms. The quantitative estimate of drug-likeness (QED) is 0.562. The average molecular weight is 407 g/mol. The predicted molar refractivity (Wildman–Crippen MR) is 121 cm³/mol. The Morgan fingerprint density at radius 3 is 2.00 bits per heavy atom. The van der Waals surface area contributed by atoms with Gasteiger partial charge >= 0.3 is 0 Å². The van der Waals surface area contributed by atoms with Gasteiger partial charge in [0.05, 0.1) is 21.4 Å². The van der Waals surface area contributed by atoms with Crippen LogP contribution >= 0.6 is 23.5 Å². The van der Waals surface area contributed by atoms with E-state index < -0.39 is 0 Å². The SMILES string of the molecule is CCN1/C(=C/C=C/C(=O)/C=C2\Sc3ccccc3N2CC)Sc2ccccc21. The number of nitrogens with zero attached hydrogens (tertiary/aromatic N) is 2. The number of rotatable bonds is 5. The first-order valence-corrected chi connectivity index (χ1v) is 11.1. The highest BCUT2D eigenvalue weighted by molar-refractivity contribution is 8.04. The largest absolute Gasteiger partial charge is 0.335 e. The summed E-state index contributed by atoms with van der Waals surface area (Å²) in [6, 6.07) is 16.7. The molecule has 0 amide bonds. The summed E-state index contributed by atoms with van der Waals surface area (Å²) < 4.78 is 0. The van der Waals surface area contributed by atoms with E-state index in [1.807, 2.05) is 24.3 Å². The fraction of sp³-hybridized carbons (Fsp3) is 0.174. The topological polar surface area (TPSA) is 23.6 Å². The lowest BCUT2D eigenvalue weighted by atomic mass is 10.2. The van der Waals surface area contributed by atoms with Crippen molar-refractivity contribution in [2.45, 2.75) is 23.6 Å². The Morgan fingerprint density at radius 2 is 1.39 bits per heavy atom. The lowest BCUT2D eigenvalue weighted by Crippen LogP contribution is -2.17. The summed E-state index contributed by atoms with van der Waals surface area (Å²) in [7, 11) is 0. The molecule has 0 saturated carbocycles. The van der Waals surface area contributed by atoms with Crippen molar-refractivity contribution < 1.29 is 4.79 Å². The van der Waals surface area contributed by atoms with Gasteiger partial charge in [-0.2, -0.15) is 0 Å². The number of anilines is 2. The van der Waals surface area contributed by atoms with Crippen LogP contribution in [-0.2, 0) is 4.79 Å². The van der Waals surface area contributed by atoms with Crippen LogP contribution < -0.4 is 9.80 Å². The molecule has 2 aromatic carbocycles. The normalized spacial score (nSPS) is 18.4. The van der Waals surface area contributed by atoms with Crippen molar-refractivity contribution in [1.29, 1.82) is 0 Å². The van der Waals surface area contributed by atoms with Crippen molar-refractivity contribution >= 4 is 40.7 Å². The van der Waals surface area contributed by atoms with E-state index in [2.05, 4.69) is 60.0 Å². The molecular weight excluding hydrogens is 384 g/mol. The van der Waals surface area contributed by atoms with Crippen LogP contribution in [0.2, 0.25) is 0 Å². The predicted octanol–water partition coefficient (Wildman–Crippen LogP) is 6.06. The lowest BCUT2D eigenvalue weighted by molar-refractivity contribution is -0.110. The molecule has 0 bridgehead atoms. The van der Waals surface area contributed by atoms with Gasteiger partial charge in [-0.15, -0.1) is 0 Å². The first-order valence-electron chi connectivity index (χ1n) is 9.44. The number of benzene rings is 2. The Kier molecular flexibility index (Phi) is 5.64. The van der Waals surface area contributed by atoms with Gasteiger partial charge in [0.1, 0.15) is 0 Å². The summed E-state index contributed by atoms with van der Waals surface area (Å²) in [6.07, 6.45) is 7.27. The number of fused-ring (bicyclic) bond motifs is 2. The molecule has 0 fully saturated rings. The molecule has 0 atom stereocenters. The zero-order valence-electron chi connectivity index (χ0n) is 16.0. The van der Waals surface area contributed by atoms with E-state index in [9.17, 15) is 4.79 Å². The number of thioether (sulfide) groups is 2. The van der Waals surface area contributed by atoms with Gasteiger partial charge in [0.15, 0.2) is 5.78 Å². The van der Waals surface area contributed by atoms with E-state index >= 15 is 0 Å². The minimum Gasteiger partial charge on any atom is -0.335 e. The molecule has 142 valence electrons. The summed E-state index contributed by atoms with van der Waals surface area (Å²) in [5, 5.41) is 2.14. The third-order valence-corrected chi connectivity index (χ3v) is 6.91. The highest BCUT2D eigenvalue weighted by Gasteiger charge is 2.24. The highest BCUT2D eigenvalue weighted by atomic mass is 32.2. The van der Waals surface area contributed by atoms with E-state index in [0.29, 0.717) is 0 Å². The van der Waals surface area contributed by atoms with Crippen molar-refractivity contribution in [2.24, 2.45) is 0 Å². The Morgan fingerprint density at radius 1 is 0.857 bits per heavy atom. The Balaban J connectivity index is 1.48. The number of hydrogen-bond donors (Lipinski definition) is 0. The molecule has 0 aromatic heterocycles. The standard InChI is InChI=1S/C23H22N2OS2/c1-3-24-18-11-5-7-13-20(18)27-22(24)15-9-10-17(26)16-23-25(4-2)19-12-6-8-14-21(19)28-23/h5-16H,3-4H2,1-2H3/b10-9+,22-15-,23-16-. The molecule has 0 N–H and O–H groups in total. The van der Waals surface area contributed by atoms with Crippen molar-refractivity contribution in [3.63, 3.8) is 0 Å². The molecular formula is C23H22N2OS2. The molecule has 0 spiro atoms. The molecule has 3 nitrogen and oxygen atoms in total. The molecule has 2 heterocycles.